The van der Waals surface area contributed by atoms with Crippen molar-refractivity contribution in [2.75, 3.05) is 0 Å². The lowest BCUT2D eigenvalue weighted by Crippen LogP contribution is -2.08. The molecule has 1 aromatic heterocycles. The summed E-state index contributed by atoms with van der Waals surface area (Å²) in [6.45, 7) is 11.2. The Labute approximate surface area is 158 Å². The van der Waals surface area contributed by atoms with Gasteiger partial charge in [0, 0.05) is 36.1 Å². The Kier molecular flexibility index (Phi) is 7.57. The maximum absolute atomic E-state index is 4.66. The van der Waals surface area contributed by atoms with Crippen molar-refractivity contribution in [1.82, 2.24) is 10.3 Å². The van der Waals surface area contributed by atoms with Crippen LogP contribution in [0.2, 0.25) is 0 Å². The number of thiol groups is 1. The zero-order valence-corrected chi connectivity index (χ0v) is 16.6. The number of aromatic nitrogens is 1. The third-order valence-corrected chi connectivity index (χ3v) is 4.63. The molecule has 0 aliphatic heterocycles. The van der Waals surface area contributed by atoms with Crippen molar-refractivity contribution in [3.63, 3.8) is 0 Å². The summed E-state index contributed by atoms with van der Waals surface area (Å²) in [4.78, 5) is 4.66. The van der Waals surface area contributed by atoms with E-state index >= 15 is 0 Å². The van der Waals surface area contributed by atoms with Crippen molar-refractivity contribution >= 4 is 12.6 Å². The predicted octanol–water partition coefficient (Wildman–Crippen LogP) is 5.99. The molecule has 1 saturated carbocycles. The Hall–Kier alpha value is -1.74. The van der Waals surface area contributed by atoms with Gasteiger partial charge >= 0.3 is 0 Å². The second kappa shape index (κ2) is 9.67. The lowest BCUT2D eigenvalue weighted by molar-refractivity contribution is 0.847. The Morgan fingerprint density at radius 2 is 2.20 bits per heavy atom. The van der Waals surface area contributed by atoms with Crippen molar-refractivity contribution in [2.45, 2.75) is 58.9 Å². The number of pyridine rings is 1. The molecule has 1 aliphatic carbocycles. The molecule has 0 unspecified atom stereocenters. The highest BCUT2D eigenvalue weighted by Crippen LogP contribution is 2.40. The summed E-state index contributed by atoms with van der Waals surface area (Å²) < 4.78 is 0. The minimum absolute atomic E-state index is 0.704. The van der Waals surface area contributed by atoms with E-state index in [1.807, 2.05) is 24.7 Å². The minimum Gasteiger partial charge on any atom is -0.386 e. The topological polar surface area (TPSA) is 24.9 Å². The fourth-order valence-corrected chi connectivity index (χ4v) is 3.05. The van der Waals surface area contributed by atoms with Crippen molar-refractivity contribution in [1.29, 1.82) is 0 Å². The fourth-order valence-electron chi connectivity index (χ4n) is 2.83. The van der Waals surface area contributed by atoms with Crippen LogP contribution in [-0.4, -0.2) is 4.98 Å². The highest BCUT2D eigenvalue weighted by Gasteiger charge is 2.26. The molecule has 1 heterocycles. The molecule has 3 heteroatoms. The second-order valence-electron chi connectivity index (χ2n) is 6.81. The SMILES string of the molecule is C=C(C)C(=C/NCc1cnc(C2CC2)c(C)c1)/C(/C=C\CCC)=C\S. The van der Waals surface area contributed by atoms with E-state index in [2.05, 4.69) is 61.6 Å². The fraction of sp³-hybridized carbons (Fsp3) is 0.409. The number of rotatable bonds is 9. The van der Waals surface area contributed by atoms with Crippen LogP contribution >= 0.6 is 12.6 Å². The molecule has 0 bridgehead atoms. The van der Waals surface area contributed by atoms with Gasteiger partial charge in [0.1, 0.15) is 0 Å². The summed E-state index contributed by atoms with van der Waals surface area (Å²) in [7, 11) is 0. The first kappa shape index (κ1) is 19.6. The number of hydrogen-bond donors (Lipinski definition) is 2. The van der Waals surface area contributed by atoms with Crippen LogP contribution in [-0.2, 0) is 6.54 Å². The molecule has 1 N–H and O–H groups in total. The predicted molar refractivity (Wildman–Crippen MR) is 112 cm³/mol. The van der Waals surface area contributed by atoms with Gasteiger partial charge in [-0.2, -0.15) is 12.6 Å². The number of nitrogens with zero attached hydrogens (tertiary/aromatic N) is 1. The van der Waals surface area contributed by atoms with E-state index in [0.717, 1.165) is 36.1 Å². The van der Waals surface area contributed by atoms with E-state index in [4.69, 9.17) is 0 Å². The van der Waals surface area contributed by atoms with Crippen LogP contribution in [0.4, 0.5) is 0 Å². The minimum atomic E-state index is 0.704. The number of nitrogens with one attached hydrogen (secondary N) is 1. The highest BCUT2D eigenvalue weighted by molar-refractivity contribution is 7.83. The van der Waals surface area contributed by atoms with Crippen LogP contribution in [0.15, 0.2) is 59.3 Å². The molecule has 1 aliphatic rings. The van der Waals surface area contributed by atoms with Crippen molar-refractivity contribution in [3.05, 3.63) is 76.1 Å². The molecular weight excluding hydrogens is 324 g/mol. The molecule has 0 atom stereocenters. The normalized spacial score (nSPS) is 15.7. The van der Waals surface area contributed by atoms with E-state index in [1.54, 1.807) is 0 Å². The average Bonchev–Trinajstić information content (AvgIpc) is 3.41. The maximum Gasteiger partial charge on any atom is 0.0463 e. The van der Waals surface area contributed by atoms with E-state index < -0.39 is 0 Å². The van der Waals surface area contributed by atoms with Crippen LogP contribution in [0.3, 0.4) is 0 Å². The summed E-state index contributed by atoms with van der Waals surface area (Å²) in [6.07, 6.45) is 13.1. The van der Waals surface area contributed by atoms with Crippen molar-refractivity contribution < 1.29 is 0 Å². The first-order valence-corrected chi connectivity index (χ1v) is 9.64. The van der Waals surface area contributed by atoms with Gasteiger partial charge in [-0.25, -0.2) is 0 Å². The summed E-state index contributed by atoms with van der Waals surface area (Å²) in [5.74, 6) is 0.704. The summed E-state index contributed by atoms with van der Waals surface area (Å²) in [6, 6.07) is 2.25. The van der Waals surface area contributed by atoms with Crippen LogP contribution in [0.1, 0.15) is 62.3 Å². The molecule has 2 rings (SSSR count). The van der Waals surface area contributed by atoms with E-state index in [9.17, 15) is 0 Å². The largest absolute Gasteiger partial charge is 0.386 e. The van der Waals surface area contributed by atoms with Crippen LogP contribution < -0.4 is 5.32 Å². The second-order valence-corrected chi connectivity index (χ2v) is 7.07. The van der Waals surface area contributed by atoms with E-state index in [0.29, 0.717) is 5.92 Å². The number of unbranched alkanes of at least 4 members (excludes halogenated alkanes) is 1. The molecular formula is C22H30N2S. The summed E-state index contributed by atoms with van der Waals surface area (Å²) in [5.41, 5.74) is 6.98. The molecule has 0 amide bonds. The Morgan fingerprint density at radius 1 is 1.44 bits per heavy atom. The quantitative estimate of drug-likeness (QED) is 0.421. The molecule has 1 aromatic rings. The van der Waals surface area contributed by atoms with Crippen LogP contribution in [0, 0.1) is 6.92 Å². The molecule has 25 heavy (non-hydrogen) atoms. The standard InChI is InChI=1S/C22H30N2S/c1-5-6-7-8-20(15-25)21(16(2)3)14-23-12-18-11-17(4)22(24-13-18)19-9-10-19/h7-8,11,13-15,19,23,25H,2,5-6,9-10,12H2,1,3-4H3/b8-7-,20-15-,21-14-. The van der Waals surface area contributed by atoms with Gasteiger partial charge in [0.25, 0.3) is 0 Å². The summed E-state index contributed by atoms with van der Waals surface area (Å²) in [5, 5.41) is 5.25. The number of allylic oxidation sites excluding steroid dienone is 5. The first-order valence-electron chi connectivity index (χ1n) is 9.13. The molecule has 1 fully saturated rings. The highest BCUT2D eigenvalue weighted by atomic mass is 32.1. The van der Waals surface area contributed by atoms with Crippen LogP contribution in [0.25, 0.3) is 0 Å². The number of aryl methyl sites for hydroxylation is 1. The van der Waals surface area contributed by atoms with Crippen LogP contribution in [0.5, 0.6) is 0 Å². The van der Waals surface area contributed by atoms with Gasteiger partial charge in [0.15, 0.2) is 0 Å². The Balaban J connectivity index is 2.03. The molecule has 0 aromatic carbocycles. The van der Waals surface area contributed by atoms with Gasteiger partial charge in [0.2, 0.25) is 0 Å². The molecule has 0 saturated heterocycles. The first-order chi connectivity index (χ1) is 12.1. The van der Waals surface area contributed by atoms with Gasteiger partial charge in [-0.15, -0.1) is 0 Å². The molecule has 0 spiro atoms. The van der Waals surface area contributed by atoms with Gasteiger partial charge in [-0.05, 0) is 60.8 Å². The zero-order chi connectivity index (χ0) is 18.2. The smallest absolute Gasteiger partial charge is 0.0463 e. The Bertz CT molecular complexity index is 694. The lowest BCUT2D eigenvalue weighted by atomic mass is 10.0. The van der Waals surface area contributed by atoms with E-state index in [-0.39, 0.29) is 0 Å². The zero-order valence-electron chi connectivity index (χ0n) is 15.7. The Morgan fingerprint density at radius 3 is 2.76 bits per heavy atom. The van der Waals surface area contributed by atoms with Gasteiger partial charge < -0.3 is 5.32 Å². The van der Waals surface area contributed by atoms with Gasteiger partial charge in [-0.3, -0.25) is 4.98 Å². The average molecular weight is 355 g/mol. The monoisotopic (exact) mass is 354 g/mol. The molecule has 134 valence electrons. The molecule has 0 radical (unpaired) electrons. The summed E-state index contributed by atoms with van der Waals surface area (Å²) >= 11 is 4.36. The number of hydrogen-bond acceptors (Lipinski definition) is 3. The third-order valence-electron chi connectivity index (χ3n) is 4.35. The third kappa shape index (κ3) is 5.93. The van der Waals surface area contributed by atoms with Crippen molar-refractivity contribution in [3.8, 4) is 0 Å². The van der Waals surface area contributed by atoms with Gasteiger partial charge in [0.05, 0.1) is 0 Å². The van der Waals surface area contributed by atoms with Crippen molar-refractivity contribution in [2.24, 2.45) is 0 Å². The van der Waals surface area contributed by atoms with E-state index in [1.165, 1.54) is 29.7 Å². The molecule has 2 nitrogen and oxygen atoms in total. The lowest BCUT2D eigenvalue weighted by Gasteiger charge is -2.11. The van der Waals surface area contributed by atoms with Gasteiger partial charge in [-0.1, -0.05) is 38.1 Å². The maximum atomic E-state index is 4.66.